The van der Waals surface area contributed by atoms with E-state index >= 15 is 0 Å². The highest BCUT2D eigenvalue weighted by molar-refractivity contribution is 6.31. The van der Waals surface area contributed by atoms with Crippen LogP contribution in [0.2, 0.25) is 5.02 Å². The molecular formula is C19H24ClN5O3. The average Bonchev–Trinajstić information content (AvgIpc) is 2.70. The number of piperidine rings is 1. The molecule has 0 saturated carbocycles. The minimum Gasteiger partial charge on any atom is -0.495 e. The zero-order valence-electron chi connectivity index (χ0n) is 15.9. The molecule has 0 radical (unpaired) electrons. The molecule has 1 fully saturated rings. The van der Waals surface area contributed by atoms with Crippen LogP contribution in [0.15, 0.2) is 24.5 Å². The van der Waals surface area contributed by atoms with Crippen molar-refractivity contribution in [3.05, 3.63) is 29.5 Å². The highest BCUT2D eigenvalue weighted by Gasteiger charge is 2.29. The lowest BCUT2D eigenvalue weighted by Crippen LogP contribution is -2.40. The molecule has 28 heavy (non-hydrogen) atoms. The summed E-state index contributed by atoms with van der Waals surface area (Å²) in [5, 5.41) is 3.72. The summed E-state index contributed by atoms with van der Waals surface area (Å²) in [5.41, 5.74) is 7.40. The number of hydrogen-bond acceptors (Lipinski definition) is 8. The topological polar surface area (TPSA) is 103 Å². The molecule has 1 aliphatic rings. The molecule has 8 nitrogen and oxygen atoms in total. The summed E-state index contributed by atoms with van der Waals surface area (Å²) in [4.78, 5) is 22.7. The molecule has 9 heteroatoms. The van der Waals surface area contributed by atoms with Gasteiger partial charge in [-0.15, -0.1) is 0 Å². The third-order valence-electron chi connectivity index (χ3n) is 4.62. The first-order valence-electron chi connectivity index (χ1n) is 9.16. The number of benzene rings is 1. The molecule has 2 aromatic rings. The number of nitrogens with two attached hydrogens (primary N) is 1. The molecule has 1 aromatic carbocycles. The fraction of sp³-hybridized carbons (Fsp3) is 0.421. The van der Waals surface area contributed by atoms with E-state index in [1.54, 1.807) is 25.3 Å². The smallest absolute Gasteiger partial charge is 0.310 e. The number of nitrogens with zero attached hydrogens (tertiary/aromatic N) is 3. The van der Waals surface area contributed by atoms with Crippen LogP contribution in [0.4, 0.5) is 23.0 Å². The first-order valence-corrected chi connectivity index (χ1v) is 9.53. The Balaban J connectivity index is 1.83. The van der Waals surface area contributed by atoms with Gasteiger partial charge < -0.3 is 25.4 Å². The van der Waals surface area contributed by atoms with Gasteiger partial charge in [0.1, 0.15) is 17.8 Å². The van der Waals surface area contributed by atoms with Crippen LogP contribution in [0.1, 0.15) is 19.8 Å². The maximum absolute atomic E-state index is 12.1. The molecule has 1 unspecified atom stereocenters. The second kappa shape index (κ2) is 8.97. The van der Waals surface area contributed by atoms with E-state index < -0.39 is 0 Å². The maximum atomic E-state index is 12.1. The monoisotopic (exact) mass is 405 g/mol. The fourth-order valence-electron chi connectivity index (χ4n) is 3.27. The Labute approximate surface area is 169 Å². The molecule has 1 aliphatic heterocycles. The van der Waals surface area contributed by atoms with Gasteiger partial charge in [0.15, 0.2) is 11.6 Å². The normalized spacial score (nSPS) is 16.5. The number of carbonyl (C=O) groups is 1. The molecule has 3 N–H and O–H groups in total. The molecule has 0 bridgehead atoms. The number of hydrogen-bond donors (Lipinski definition) is 2. The van der Waals surface area contributed by atoms with Crippen LogP contribution in [0.5, 0.6) is 5.75 Å². The molecule has 1 saturated heterocycles. The van der Waals surface area contributed by atoms with Crippen molar-refractivity contribution in [3.8, 4) is 5.75 Å². The highest BCUT2D eigenvalue weighted by Crippen LogP contribution is 2.35. The van der Waals surface area contributed by atoms with Gasteiger partial charge in [-0.1, -0.05) is 11.6 Å². The average molecular weight is 406 g/mol. The number of esters is 1. The standard InChI is InChI=1S/C19H24ClN5O3/c1-3-28-19(26)12-5-4-8-25(10-12)18-16(21)17(22-11-23-18)24-14-9-13(20)6-7-15(14)27-2/h6-7,9,11-12H,3-5,8,10,21H2,1-2H3,(H,22,23,24). The van der Waals surface area contributed by atoms with Crippen molar-refractivity contribution in [1.29, 1.82) is 0 Å². The van der Waals surface area contributed by atoms with Crippen molar-refractivity contribution in [2.45, 2.75) is 19.8 Å². The Morgan fingerprint density at radius 3 is 3.00 bits per heavy atom. The van der Waals surface area contributed by atoms with Crippen LogP contribution < -0.4 is 20.7 Å². The first-order chi connectivity index (χ1) is 13.5. The quantitative estimate of drug-likeness (QED) is 0.706. The van der Waals surface area contributed by atoms with E-state index in [9.17, 15) is 4.79 Å². The molecule has 0 amide bonds. The van der Waals surface area contributed by atoms with Crippen molar-refractivity contribution in [2.24, 2.45) is 5.92 Å². The maximum Gasteiger partial charge on any atom is 0.310 e. The highest BCUT2D eigenvalue weighted by atomic mass is 35.5. The number of carbonyl (C=O) groups excluding carboxylic acids is 1. The molecule has 1 atom stereocenters. The molecule has 150 valence electrons. The zero-order valence-corrected chi connectivity index (χ0v) is 16.7. The van der Waals surface area contributed by atoms with E-state index in [4.69, 9.17) is 26.8 Å². The van der Waals surface area contributed by atoms with Crippen molar-refractivity contribution in [2.75, 3.05) is 42.8 Å². The van der Waals surface area contributed by atoms with Gasteiger partial charge in [-0.25, -0.2) is 9.97 Å². The summed E-state index contributed by atoms with van der Waals surface area (Å²) in [5.74, 6) is 1.29. The Bertz CT molecular complexity index is 848. The van der Waals surface area contributed by atoms with Crippen molar-refractivity contribution in [3.63, 3.8) is 0 Å². The Morgan fingerprint density at radius 2 is 2.25 bits per heavy atom. The molecule has 3 rings (SSSR count). The van der Waals surface area contributed by atoms with Crippen LogP contribution in [0, 0.1) is 5.92 Å². The number of aromatic nitrogens is 2. The lowest BCUT2D eigenvalue weighted by molar-refractivity contribution is -0.148. The minimum absolute atomic E-state index is 0.179. The van der Waals surface area contributed by atoms with Crippen molar-refractivity contribution in [1.82, 2.24) is 9.97 Å². The molecular weight excluding hydrogens is 382 g/mol. The third-order valence-corrected chi connectivity index (χ3v) is 4.85. The van der Waals surface area contributed by atoms with Gasteiger partial charge >= 0.3 is 5.97 Å². The summed E-state index contributed by atoms with van der Waals surface area (Å²) in [6.07, 6.45) is 3.10. The number of ether oxygens (including phenoxy) is 2. The van der Waals surface area contributed by atoms with Crippen molar-refractivity contribution >= 4 is 40.6 Å². The third kappa shape index (κ3) is 4.39. The summed E-state index contributed by atoms with van der Waals surface area (Å²) < 4.78 is 10.5. The minimum atomic E-state index is -0.188. The van der Waals surface area contributed by atoms with Gasteiger partial charge in [-0.3, -0.25) is 4.79 Å². The van der Waals surface area contributed by atoms with E-state index in [1.807, 2.05) is 11.8 Å². The van der Waals surface area contributed by atoms with E-state index in [0.29, 0.717) is 46.9 Å². The van der Waals surface area contributed by atoms with Crippen LogP contribution in [0.25, 0.3) is 0 Å². The second-order valence-electron chi connectivity index (χ2n) is 6.47. The number of nitrogens with one attached hydrogen (secondary N) is 1. The van der Waals surface area contributed by atoms with E-state index in [1.165, 1.54) is 6.33 Å². The predicted molar refractivity (Wildman–Crippen MR) is 109 cm³/mol. The van der Waals surface area contributed by atoms with E-state index in [0.717, 1.165) is 19.4 Å². The second-order valence-corrected chi connectivity index (χ2v) is 6.90. The molecule has 2 heterocycles. The Kier molecular flexibility index (Phi) is 6.41. The number of methoxy groups -OCH3 is 1. The summed E-state index contributed by atoms with van der Waals surface area (Å²) >= 11 is 6.09. The number of halogens is 1. The first kappa shape index (κ1) is 20.0. The van der Waals surface area contributed by atoms with Crippen molar-refractivity contribution < 1.29 is 14.3 Å². The largest absolute Gasteiger partial charge is 0.495 e. The van der Waals surface area contributed by atoms with Gasteiger partial charge in [0, 0.05) is 18.1 Å². The van der Waals surface area contributed by atoms with Crippen LogP contribution in [0.3, 0.4) is 0 Å². The number of anilines is 4. The Hall–Kier alpha value is -2.74. The lowest BCUT2D eigenvalue weighted by Gasteiger charge is -2.33. The van der Waals surface area contributed by atoms with Gasteiger partial charge in [0.05, 0.1) is 25.3 Å². The molecule has 1 aromatic heterocycles. The molecule has 0 aliphatic carbocycles. The number of nitrogen functional groups attached to an aromatic ring is 1. The van der Waals surface area contributed by atoms with Gasteiger partial charge in [0.2, 0.25) is 0 Å². The van der Waals surface area contributed by atoms with Crippen LogP contribution in [-0.2, 0) is 9.53 Å². The van der Waals surface area contributed by atoms with E-state index in [2.05, 4.69) is 15.3 Å². The fourth-order valence-corrected chi connectivity index (χ4v) is 3.44. The molecule has 0 spiro atoms. The summed E-state index contributed by atoms with van der Waals surface area (Å²) in [6, 6.07) is 5.24. The van der Waals surface area contributed by atoms with E-state index in [-0.39, 0.29) is 11.9 Å². The SMILES string of the molecule is CCOC(=O)C1CCCN(c2ncnc(Nc3cc(Cl)ccc3OC)c2N)C1. The van der Waals surface area contributed by atoms with Gasteiger partial charge in [-0.2, -0.15) is 0 Å². The lowest BCUT2D eigenvalue weighted by atomic mass is 9.98. The van der Waals surface area contributed by atoms with Gasteiger partial charge in [-0.05, 0) is 38.0 Å². The summed E-state index contributed by atoms with van der Waals surface area (Å²) in [7, 11) is 1.58. The Morgan fingerprint density at radius 1 is 1.43 bits per heavy atom. The summed E-state index contributed by atoms with van der Waals surface area (Å²) in [6.45, 7) is 3.46. The van der Waals surface area contributed by atoms with Crippen LogP contribution in [-0.4, -0.2) is 42.7 Å². The van der Waals surface area contributed by atoms with Gasteiger partial charge in [0.25, 0.3) is 0 Å². The van der Waals surface area contributed by atoms with Crippen LogP contribution >= 0.6 is 11.6 Å². The predicted octanol–water partition coefficient (Wildman–Crippen LogP) is 3.24. The number of rotatable bonds is 6. The zero-order chi connectivity index (χ0) is 20.1.